The van der Waals surface area contributed by atoms with Crippen LogP contribution in [-0.4, -0.2) is 40.6 Å². The summed E-state index contributed by atoms with van der Waals surface area (Å²) >= 11 is 1.59. The number of hydrogen-bond donors (Lipinski definition) is 4. The van der Waals surface area contributed by atoms with Gasteiger partial charge in [0.15, 0.2) is 0 Å². The molecular weight excluding hydrogens is 350 g/mol. The van der Waals surface area contributed by atoms with E-state index in [2.05, 4.69) is 24.7 Å². The van der Waals surface area contributed by atoms with Gasteiger partial charge in [-0.25, -0.2) is 0 Å². The summed E-state index contributed by atoms with van der Waals surface area (Å²) in [4.78, 5) is 24.2. The minimum atomic E-state index is -1.38. The molecule has 26 heavy (non-hydrogen) atoms. The van der Waals surface area contributed by atoms with Gasteiger partial charge in [0.2, 0.25) is 0 Å². The second-order valence-corrected chi connectivity index (χ2v) is 7.62. The maximum absolute atomic E-state index is 12.2. The average molecular weight is 375 g/mol. The van der Waals surface area contributed by atoms with E-state index in [0.717, 1.165) is 16.5 Å². The highest BCUT2D eigenvalue weighted by Crippen LogP contribution is 2.15. The van der Waals surface area contributed by atoms with Gasteiger partial charge in [-0.1, -0.05) is 44.2 Å². The van der Waals surface area contributed by atoms with Crippen molar-refractivity contribution in [2.45, 2.75) is 26.0 Å². The van der Waals surface area contributed by atoms with Crippen LogP contribution < -0.4 is 16.6 Å². The Morgan fingerprint density at radius 2 is 1.77 bits per heavy atom. The van der Waals surface area contributed by atoms with Gasteiger partial charge in [0, 0.05) is 17.4 Å². The number of thioether (sulfide) groups is 1. The fourth-order valence-electron chi connectivity index (χ4n) is 2.32. The highest BCUT2D eigenvalue weighted by atomic mass is 32.2. The lowest BCUT2D eigenvalue weighted by atomic mass is 10.1. The molecule has 0 radical (unpaired) electrons. The molecule has 0 aliphatic carbocycles. The summed E-state index contributed by atoms with van der Waals surface area (Å²) in [6, 6.07) is 12.2. The highest BCUT2D eigenvalue weighted by molar-refractivity contribution is 7.99. The van der Waals surface area contributed by atoms with Gasteiger partial charge in [0.05, 0.1) is 0 Å². The quantitative estimate of drug-likeness (QED) is 0.551. The normalized spacial score (nSPS) is 13.4. The van der Waals surface area contributed by atoms with E-state index in [1.165, 1.54) is 0 Å². The Morgan fingerprint density at radius 1 is 1.08 bits per heavy atom. The zero-order chi connectivity index (χ0) is 19.1. The number of nitrogens with two attached hydrogens (primary N) is 1. The Kier molecular flexibility index (Phi) is 7.44. The van der Waals surface area contributed by atoms with Gasteiger partial charge >= 0.3 is 0 Å². The first-order valence-corrected chi connectivity index (χ1v) is 9.64. The largest absolute Gasteiger partial charge is 0.382 e. The minimum Gasteiger partial charge on any atom is -0.382 e. The minimum absolute atomic E-state index is 0.412. The van der Waals surface area contributed by atoms with Crippen LogP contribution >= 0.6 is 11.8 Å². The van der Waals surface area contributed by atoms with Crippen molar-refractivity contribution in [1.29, 1.82) is 0 Å². The van der Waals surface area contributed by atoms with Crippen molar-refractivity contribution in [3.63, 3.8) is 0 Å². The molecule has 0 spiro atoms. The smallest absolute Gasteiger partial charge is 0.269 e. The fraction of sp³-hybridized carbons (Fsp3) is 0.368. The summed E-state index contributed by atoms with van der Waals surface area (Å²) in [5.41, 5.74) is 10.8. The van der Waals surface area contributed by atoms with Crippen molar-refractivity contribution in [2.24, 2.45) is 11.7 Å². The second kappa shape index (κ2) is 9.56. The first kappa shape index (κ1) is 20.2. The number of benzene rings is 2. The van der Waals surface area contributed by atoms with Crippen LogP contribution in [0.15, 0.2) is 42.5 Å². The number of carbonyl (C=O) groups excluding carboxylic acids is 2. The molecule has 6 nitrogen and oxygen atoms in total. The maximum atomic E-state index is 12.2. The third-order valence-electron chi connectivity index (χ3n) is 3.75. The maximum Gasteiger partial charge on any atom is 0.269 e. The molecular formula is C19H25N3O3S. The number of hydrogen-bond acceptors (Lipinski definition) is 5. The van der Waals surface area contributed by atoms with Crippen LogP contribution in [0.5, 0.6) is 0 Å². The number of aliphatic hydroxyl groups is 1. The third kappa shape index (κ3) is 5.72. The Hall–Kier alpha value is -2.09. The average Bonchev–Trinajstić information content (AvgIpc) is 2.64. The first-order chi connectivity index (χ1) is 12.4. The van der Waals surface area contributed by atoms with Gasteiger partial charge < -0.3 is 10.8 Å². The molecule has 0 aromatic heterocycles. The molecule has 0 heterocycles. The van der Waals surface area contributed by atoms with Gasteiger partial charge in [-0.15, -0.1) is 0 Å². The molecule has 2 aromatic rings. The lowest BCUT2D eigenvalue weighted by Crippen LogP contribution is -2.52. The predicted molar refractivity (Wildman–Crippen MR) is 106 cm³/mol. The lowest BCUT2D eigenvalue weighted by molar-refractivity contribution is -0.130. The van der Waals surface area contributed by atoms with E-state index < -0.39 is 24.0 Å². The predicted octanol–water partition coefficient (Wildman–Crippen LogP) is 1.68. The van der Waals surface area contributed by atoms with Crippen molar-refractivity contribution in [3.05, 3.63) is 48.0 Å². The number of rotatable bonds is 7. The Morgan fingerprint density at radius 3 is 2.46 bits per heavy atom. The summed E-state index contributed by atoms with van der Waals surface area (Å²) < 4.78 is 0. The van der Waals surface area contributed by atoms with Gasteiger partial charge in [0.25, 0.3) is 11.8 Å². The van der Waals surface area contributed by atoms with Crippen LogP contribution in [-0.2, 0) is 4.79 Å². The number of hydrazine groups is 1. The zero-order valence-electron chi connectivity index (χ0n) is 14.9. The van der Waals surface area contributed by atoms with Gasteiger partial charge in [-0.05, 0) is 34.6 Å². The molecule has 0 bridgehead atoms. The Labute approximate surface area is 157 Å². The molecule has 0 fully saturated rings. The van der Waals surface area contributed by atoms with E-state index in [1.807, 2.05) is 30.3 Å². The molecule has 2 rings (SSSR count). The highest BCUT2D eigenvalue weighted by Gasteiger charge is 2.23. The summed E-state index contributed by atoms with van der Waals surface area (Å²) in [5.74, 6) is 0.696. The fourth-order valence-corrected chi connectivity index (χ4v) is 3.38. The second-order valence-electron chi connectivity index (χ2n) is 6.55. The lowest BCUT2D eigenvalue weighted by Gasteiger charge is -2.18. The van der Waals surface area contributed by atoms with E-state index in [9.17, 15) is 14.7 Å². The Bertz CT molecular complexity index is 767. The van der Waals surface area contributed by atoms with Gasteiger partial charge in [-0.2, -0.15) is 11.8 Å². The number of fused-ring (bicyclic) bond motifs is 1. The summed E-state index contributed by atoms with van der Waals surface area (Å²) in [5, 5.41) is 11.9. The van der Waals surface area contributed by atoms with Crippen molar-refractivity contribution >= 4 is 34.3 Å². The van der Waals surface area contributed by atoms with E-state index in [-0.39, 0.29) is 0 Å². The third-order valence-corrected chi connectivity index (χ3v) is 5.27. The standard InChI is InChI=1S/C19H25N3O3S/c1-12(2)10-26-11-16(20)17(23)19(25)22-21-18(24)15-8-7-13-5-3-4-6-14(13)9-15/h3-9,12,16-17,23H,10-11,20H2,1-2H3,(H,21,24)(H,22,25)/t16-,17?/m1/s1. The summed E-state index contributed by atoms with van der Waals surface area (Å²) in [6.07, 6.45) is -1.38. The zero-order valence-corrected chi connectivity index (χ0v) is 15.8. The molecule has 2 aromatic carbocycles. The van der Waals surface area contributed by atoms with Crippen LogP contribution in [0.2, 0.25) is 0 Å². The van der Waals surface area contributed by atoms with Crippen molar-refractivity contribution in [3.8, 4) is 0 Å². The SMILES string of the molecule is CC(C)CSC[C@@H](N)C(O)C(=O)NNC(=O)c1ccc2ccccc2c1. The van der Waals surface area contributed by atoms with Crippen molar-refractivity contribution in [2.75, 3.05) is 11.5 Å². The molecule has 0 saturated heterocycles. The molecule has 1 unspecified atom stereocenters. The van der Waals surface area contributed by atoms with Crippen LogP contribution in [0.4, 0.5) is 0 Å². The number of nitrogens with one attached hydrogen (secondary N) is 2. The molecule has 7 heteroatoms. The first-order valence-electron chi connectivity index (χ1n) is 8.49. The monoisotopic (exact) mass is 375 g/mol. The molecule has 0 aliphatic rings. The molecule has 0 saturated carbocycles. The van der Waals surface area contributed by atoms with E-state index in [0.29, 0.717) is 17.2 Å². The molecule has 5 N–H and O–H groups in total. The van der Waals surface area contributed by atoms with E-state index in [1.54, 1.807) is 23.9 Å². The van der Waals surface area contributed by atoms with Crippen LogP contribution in [0, 0.1) is 5.92 Å². The van der Waals surface area contributed by atoms with Gasteiger partial charge in [-0.3, -0.25) is 20.4 Å². The molecule has 2 atom stereocenters. The van der Waals surface area contributed by atoms with Crippen LogP contribution in [0.25, 0.3) is 10.8 Å². The molecule has 0 aliphatic heterocycles. The Balaban J connectivity index is 1.85. The van der Waals surface area contributed by atoms with E-state index in [4.69, 9.17) is 5.73 Å². The summed E-state index contributed by atoms with van der Waals surface area (Å²) in [7, 11) is 0. The van der Waals surface area contributed by atoms with Crippen molar-refractivity contribution in [1.82, 2.24) is 10.9 Å². The van der Waals surface area contributed by atoms with E-state index >= 15 is 0 Å². The number of carbonyl (C=O) groups is 2. The topological polar surface area (TPSA) is 104 Å². The number of aliphatic hydroxyl groups excluding tert-OH is 1. The molecule has 140 valence electrons. The summed E-state index contributed by atoms with van der Waals surface area (Å²) in [6.45, 7) is 4.17. The van der Waals surface area contributed by atoms with Crippen molar-refractivity contribution < 1.29 is 14.7 Å². The van der Waals surface area contributed by atoms with Gasteiger partial charge in [0.1, 0.15) is 6.10 Å². The van der Waals surface area contributed by atoms with Crippen LogP contribution in [0.3, 0.4) is 0 Å². The van der Waals surface area contributed by atoms with Crippen LogP contribution in [0.1, 0.15) is 24.2 Å². The molecule has 2 amide bonds. The number of amides is 2.